The summed E-state index contributed by atoms with van der Waals surface area (Å²) in [6.45, 7) is 2.88. The van der Waals surface area contributed by atoms with Crippen molar-refractivity contribution in [3.63, 3.8) is 0 Å². The molecule has 1 unspecified atom stereocenters. The maximum atomic E-state index is 5.76. The van der Waals surface area contributed by atoms with Crippen LogP contribution >= 0.6 is 0 Å². The van der Waals surface area contributed by atoms with Crippen LogP contribution in [0.15, 0.2) is 12.1 Å². The summed E-state index contributed by atoms with van der Waals surface area (Å²) in [5.74, 6) is 1.85. The molecule has 1 aliphatic heterocycles. The van der Waals surface area contributed by atoms with E-state index in [0.29, 0.717) is 0 Å². The van der Waals surface area contributed by atoms with Crippen LogP contribution in [0.3, 0.4) is 0 Å². The van der Waals surface area contributed by atoms with Crippen LogP contribution in [0.2, 0.25) is 0 Å². The fourth-order valence-corrected chi connectivity index (χ4v) is 2.31. The monoisotopic (exact) mass is 222 g/mol. The minimum absolute atomic E-state index is 0.133. The van der Waals surface area contributed by atoms with E-state index in [1.54, 1.807) is 14.2 Å². The maximum Gasteiger partial charge on any atom is 0.125 e. The van der Waals surface area contributed by atoms with Crippen LogP contribution in [0.4, 0.5) is 0 Å². The molecule has 0 spiro atoms. The minimum atomic E-state index is 0.133. The summed E-state index contributed by atoms with van der Waals surface area (Å²) < 4.78 is 16.6. The SMILES string of the molecule is CCC1OCCc2c(OC)ccc(OC)c21. The highest BCUT2D eigenvalue weighted by atomic mass is 16.5. The van der Waals surface area contributed by atoms with Gasteiger partial charge < -0.3 is 14.2 Å². The van der Waals surface area contributed by atoms with Crippen LogP contribution in [-0.2, 0) is 11.2 Å². The minimum Gasteiger partial charge on any atom is -0.496 e. The van der Waals surface area contributed by atoms with Crippen LogP contribution in [0.25, 0.3) is 0 Å². The van der Waals surface area contributed by atoms with Crippen LogP contribution < -0.4 is 9.47 Å². The van der Waals surface area contributed by atoms with Gasteiger partial charge in [-0.3, -0.25) is 0 Å². The molecular weight excluding hydrogens is 204 g/mol. The Balaban J connectivity index is 2.54. The third-order valence-electron chi connectivity index (χ3n) is 3.08. The Bertz CT molecular complexity index is 374. The second kappa shape index (κ2) is 4.74. The van der Waals surface area contributed by atoms with Gasteiger partial charge >= 0.3 is 0 Å². The number of methoxy groups -OCH3 is 2. The molecule has 0 radical (unpaired) electrons. The van der Waals surface area contributed by atoms with Gasteiger partial charge in [0.05, 0.1) is 26.9 Å². The van der Waals surface area contributed by atoms with Crippen molar-refractivity contribution >= 4 is 0 Å². The van der Waals surface area contributed by atoms with Gasteiger partial charge in [-0.1, -0.05) is 6.92 Å². The Labute approximate surface area is 96.3 Å². The molecule has 1 aromatic rings. The number of benzene rings is 1. The zero-order chi connectivity index (χ0) is 11.5. The first-order valence-electron chi connectivity index (χ1n) is 5.67. The number of rotatable bonds is 3. The Morgan fingerprint density at radius 1 is 1.25 bits per heavy atom. The van der Waals surface area contributed by atoms with Gasteiger partial charge in [-0.25, -0.2) is 0 Å². The van der Waals surface area contributed by atoms with Gasteiger partial charge in [0.2, 0.25) is 0 Å². The van der Waals surface area contributed by atoms with Crippen LogP contribution in [0.5, 0.6) is 11.5 Å². The van der Waals surface area contributed by atoms with Gasteiger partial charge in [-0.05, 0) is 25.0 Å². The van der Waals surface area contributed by atoms with Crippen molar-refractivity contribution in [1.82, 2.24) is 0 Å². The first kappa shape index (κ1) is 11.3. The van der Waals surface area contributed by atoms with Crippen molar-refractivity contribution in [1.29, 1.82) is 0 Å². The summed E-state index contributed by atoms with van der Waals surface area (Å²) in [6.07, 6.45) is 1.98. The second-order valence-corrected chi connectivity index (χ2v) is 3.88. The van der Waals surface area contributed by atoms with E-state index in [-0.39, 0.29) is 6.10 Å². The summed E-state index contributed by atoms with van der Waals surface area (Å²) in [5, 5.41) is 0. The van der Waals surface area contributed by atoms with Gasteiger partial charge in [-0.2, -0.15) is 0 Å². The van der Waals surface area contributed by atoms with Crippen LogP contribution in [0.1, 0.15) is 30.6 Å². The zero-order valence-corrected chi connectivity index (χ0v) is 10.1. The Hall–Kier alpha value is -1.22. The van der Waals surface area contributed by atoms with E-state index in [1.165, 1.54) is 5.56 Å². The summed E-state index contributed by atoms with van der Waals surface area (Å²) in [5.41, 5.74) is 2.40. The van der Waals surface area contributed by atoms with Crippen molar-refractivity contribution < 1.29 is 14.2 Å². The first-order valence-corrected chi connectivity index (χ1v) is 5.67. The largest absolute Gasteiger partial charge is 0.496 e. The van der Waals surface area contributed by atoms with E-state index in [4.69, 9.17) is 14.2 Å². The number of ether oxygens (including phenoxy) is 3. The van der Waals surface area contributed by atoms with E-state index in [9.17, 15) is 0 Å². The topological polar surface area (TPSA) is 27.7 Å². The Morgan fingerprint density at radius 3 is 2.56 bits per heavy atom. The fourth-order valence-electron chi connectivity index (χ4n) is 2.31. The third-order valence-corrected chi connectivity index (χ3v) is 3.08. The number of hydrogen-bond acceptors (Lipinski definition) is 3. The lowest BCUT2D eigenvalue weighted by molar-refractivity contribution is 0.0372. The van der Waals surface area contributed by atoms with Crippen LogP contribution in [-0.4, -0.2) is 20.8 Å². The molecule has 0 fully saturated rings. The predicted molar refractivity (Wildman–Crippen MR) is 62.2 cm³/mol. The molecule has 3 nitrogen and oxygen atoms in total. The molecule has 1 aromatic carbocycles. The average Bonchev–Trinajstić information content (AvgIpc) is 2.36. The third kappa shape index (κ3) is 1.76. The molecule has 0 saturated heterocycles. The van der Waals surface area contributed by atoms with Gasteiger partial charge in [0.15, 0.2) is 0 Å². The standard InChI is InChI=1S/C13H18O3/c1-4-10-13-9(7-8-16-10)11(14-2)5-6-12(13)15-3/h5-6,10H,4,7-8H2,1-3H3. The molecule has 16 heavy (non-hydrogen) atoms. The molecule has 0 amide bonds. The Morgan fingerprint density at radius 2 is 1.94 bits per heavy atom. The number of hydrogen-bond donors (Lipinski definition) is 0. The van der Waals surface area contributed by atoms with Crippen molar-refractivity contribution in [2.45, 2.75) is 25.9 Å². The second-order valence-electron chi connectivity index (χ2n) is 3.88. The average molecular weight is 222 g/mol. The summed E-state index contributed by atoms with van der Waals surface area (Å²) in [7, 11) is 3.40. The highest BCUT2D eigenvalue weighted by molar-refractivity contribution is 5.51. The zero-order valence-electron chi connectivity index (χ0n) is 10.1. The van der Waals surface area contributed by atoms with Gasteiger partial charge in [-0.15, -0.1) is 0 Å². The lowest BCUT2D eigenvalue weighted by atomic mass is 9.94. The smallest absolute Gasteiger partial charge is 0.125 e. The number of fused-ring (bicyclic) bond motifs is 1. The highest BCUT2D eigenvalue weighted by Gasteiger charge is 2.26. The summed E-state index contributed by atoms with van der Waals surface area (Å²) in [6, 6.07) is 3.92. The highest BCUT2D eigenvalue weighted by Crippen LogP contribution is 2.40. The normalized spacial score (nSPS) is 19.1. The maximum absolute atomic E-state index is 5.76. The predicted octanol–water partition coefficient (Wildman–Crippen LogP) is 2.73. The lowest BCUT2D eigenvalue weighted by Gasteiger charge is -2.28. The van der Waals surface area contributed by atoms with Crippen molar-refractivity contribution in [2.75, 3.05) is 20.8 Å². The molecule has 0 aliphatic carbocycles. The molecule has 0 N–H and O–H groups in total. The van der Waals surface area contributed by atoms with E-state index in [2.05, 4.69) is 6.92 Å². The summed E-state index contributed by atoms with van der Waals surface area (Å²) in [4.78, 5) is 0. The Kier molecular flexibility index (Phi) is 3.34. The first-order chi connectivity index (χ1) is 7.81. The molecule has 88 valence electrons. The molecule has 1 heterocycles. The molecule has 1 atom stereocenters. The lowest BCUT2D eigenvalue weighted by Crippen LogP contribution is -2.17. The molecule has 0 bridgehead atoms. The fraction of sp³-hybridized carbons (Fsp3) is 0.538. The summed E-state index contributed by atoms with van der Waals surface area (Å²) >= 11 is 0. The molecule has 3 heteroatoms. The van der Waals surface area contributed by atoms with E-state index in [1.807, 2.05) is 12.1 Å². The van der Waals surface area contributed by atoms with Crippen molar-refractivity contribution in [3.8, 4) is 11.5 Å². The van der Waals surface area contributed by atoms with Crippen molar-refractivity contribution in [3.05, 3.63) is 23.3 Å². The van der Waals surface area contributed by atoms with Crippen LogP contribution in [0, 0.1) is 0 Å². The van der Waals surface area contributed by atoms with E-state index >= 15 is 0 Å². The quantitative estimate of drug-likeness (QED) is 0.787. The van der Waals surface area contributed by atoms with E-state index < -0.39 is 0 Å². The molecule has 2 rings (SSSR count). The molecule has 0 aromatic heterocycles. The van der Waals surface area contributed by atoms with Gasteiger partial charge in [0.1, 0.15) is 11.5 Å². The van der Waals surface area contributed by atoms with Gasteiger partial charge in [0.25, 0.3) is 0 Å². The molecule has 0 saturated carbocycles. The van der Waals surface area contributed by atoms with E-state index in [0.717, 1.165) is 36.5 Å². The molecular formula is C13H18O3. The molecule has 1 aliphatic rings. The van der Waals surface area contributed by atoms with Gasteiger partial charge in [0, 0.05) is 11.1 Å². The van der Waals surface area contributed by atoms with Crippen molar-refractivity contribution in [2.24, 2.45) is 0 Å².